The fourth-order valence-corrected chi connectivity index (χ4v) is 2.43. The first-order valence-corrected chi connectivity index (χ1v) is 6.39. The average molecular weight is 194 g/mol. The van der Waals surface area contributed by atoms with Gasteiger partial charge in [0, 0.05) is 0 Å². The standard InChI is InChI=1S/C14H26/c1-5-7-8-9-13(6-2)10-14-11(3)12(14)4/h12-14H,3,5-10H2,1-2,4H3. The number of hydrogen-bond donors (Lipinski definition) is 0. The Morgan fingerprint density at radius 2 is 1.93 bits per heavy atom. The number of rotatable bonds is 7. The highest BCUT2D eigenvalue weighted by molar-refractivity contribution is 5.24. The molecule has 0 N–H and O–H groups in total. The molecule has 0 radical (unpaired) electrons. The van der Waals surface area contributed by atoms with Gasteiger partial charge < -0.3 is 0 Å². The van der Waals surface area contributed by atoms with Gasteiger partial charge in [0.2, 0.25) is 0 Å². The zero-order valence-corrected chi connectivity index (χ0v) is 10.2. The van der Waals surface area contributed by atoms with Crippen molar-refractivity contribution in [3.05, 3.63) is 12.2 Å². The first-order valence-electron chi connectivity index (χ1n) is 6.39. The zero-order valence-electron chi connectivity index (χ0n) is 10.2. The van der Waals surface area contributed by atoms with Crippen molar-refractivity contribution in [2.45, 2.75) is 59.3 Å². The summed E-state index contributed by atoms with van der Waals surface area (Å²) in [7, 11) is 0. The van der Waals surface area contributed by atoms with E-state index in [-0.39, 0.29) is 0 Å². The molecule has 3 atom stereocenters. The Kier molecular flexibility index (Phi) is 4.71. The minimum Gasteiger partial charge on any atom is -0.0993 e. The summed E-state index contributed by atoms with van der Waals surface area (Å²) in [6.45, 7) is 11.1. The minimum absolute atomic E-state index is 0.829. The molecule has 0 aliphatic heterocycles. The quantitative estimate of drug-likeness (QED) is 0.403. The molecule has 1 saturated carbocycles. The summed E-state index contributed by atoms with van der Waals surface area (Å²) in [6, 6.07) is 0. The van der Waals surface area contributed by atoms with Crippen LogP contribution in [0, 0.1) is 17.8 Å². The van der Waals surface area contributed by atoms with Crippen LogP contribution in [0.3, 0.4) is 0 Å². The van der Waals surface area contributed by atoms with Crippen LogP contribution in [-0.4, -0.2) is 0 Å². The molecule has 0 saturated heterocycles. The molecule has 1 fully saturated rings. The summed E-state index contributed by atoms with van der Waals surface area (Å²) in [5, 5.41) is 0. The van der Waals surface area contributed by atoms with Gasteiger partial charge in [-0.1, -0.05) is 65.0 Å². The topological polar surface area (TPSA) is 0 Å². The van der Waals surface area contributed by atoms with Gasteiger partial charge in [0.25, 0.3) is 0 Å². The predicted molar refractivity (Wildman–Crippen MR) is 64.3 cm³/mol. The third-order valence-electron chi connectivity index (χ3n) is 3.94. The first-order chi connectivity index (χ1) is 6.70. The Balaban J connectivity index is 2.15. The van der Waals surface area contributed by atoms with Crippen LogP contribution in [0.1, 0.15) is 59.3 Å². The van der Waals surface area contributed by atoms with E-state index in [1.54, 1.807) is 0 Å². The molecule has 0 nitrogen and oxygen atoms in total. The van der Waals surface area contributed by atoms with Gasteiger partial charge in [-0.2, -0.15) is 0 Å². The molecule has 0 spiro atoms. The van der Waals surface area contributed by atoms with Crippen molar-refractivity contribution in [1.82, 2.24) is 0 Å². The maximum absolute atomic E-state index is 4.11. The van der Waals surface area contributed by atoms with Crippen molar-refractivity contribution in [2.24, 2.45) is 17.8 Å². The molecule has 3 unspecified atom stereocenters. The highest BCUT2D eigenvalue weighted by atomic mass is 14.4. The van der Waals surface area contributed by atoms with Gasteiger partial charge in [-0.3, -0.25) is 0 Å². The van der Waals surface area contributed by atoms with Crippen LogP contribution in [0.25, 0.3) is 0 Å². The number of hydrogen-bond acceptors (Lipinski definition) is 0. The predicted octanol–water partition coefficient (Wildman–Crippen LogP) is 4.81. The molecular formula is C14H26. The van der Waals surface area contributed by atoms with Crippen molar-refractivity contribution < 1.29 is 0 Å². The number of allylic oxidation sites excluding steroid dienone is 1. The van der Waals surface area contributed by atoms with Crippen LogP contribution < -0.4 is 0 Å². The van der Waals surface area contributed by atoms with Crippen LogP contribution in [0.5, 0.6) is 0 Å². The van der Waals surface area contributed by atoms with Crippen LogP contribution in [0.4, 0.5) is 0 Å². The molecule has 0 amide bonds. The Morgan fingerprint density at radius 3 is 2.36 bits per heavy atom. The molecule has 1 aliphatic rings. The molecule has 0 bridgehead atoms. The Morgan fingerprint density at radius 1 is 1.29 bits per heavy atom. The maximum Gasteiger partial charge on any atom is -0.0137 e. The van der Waals surface area contributed by atoms with E-state index in [2.05, 4.69) is 27.4 Å². The fraction of sp³-hybridized carbons (Fsp3) is 0.857. The summed E-state index contributed by atoms with van der Waals surface area (Å²) in [5.74, 6) is 2.67. The molecular weight excluding hydrogens is 168 g/mol. The fourth-order valence-electron chi connectivity index (χ4n) is 2.43. The van der Waals surface area contributed by atoms with Crippen LogP contribution >= 0.6 is 0 Å². The lowest BCUT2D eigenvalue weighted by Crippen LogP contribution is -2.00. The van der Waals surface area contributed by atoms with Gasteiger partial charge in [0.1, 0.15) is 0 Å². The monoisotopic (exact) mass is 194 g/mol. The molecule has 1 aliphatic carbocycles. The van der Waals surface area contributed by atoms with Crippen molar-refractivity contribution in [2.75, 3.05) is 0 Å². The lowest BCUT2D eigenvalue weighted by Gasteiger charge is -2.13. The minimum atomic E-state index is 0.829. The van der Waals surface area contributed by atoms with Crippen molar-refractivity contribution in [3.63, 3.8) is 0 Å². The molecule has 0 heterocycles. The van der Waals surface area contributed by atoms with Gasteiger partial charge in [-0.05, 0) is 24.2 Å². The summed E-state index contributed by atoms with van der Waals surface area (Å²) >= 11 is 0. The smallest absolute Gasteiger partial charge is 0.0137 e. The van der Waals surface area contributed by atoms with E-state index in [1.165, 1.54) is 44.1 Å². The van der Waals surface area contributed by atoms with E-state index in [1.807, 2.05) is 0 Å². The van der Waals surface area contributed by atoms with Crippen molar-refractivity contribution >= 4 is 0 Å². The van der Waals surface area contributed by atoms with Gasteiger partial charge in [0.15, 0.2) is 0 Å². The van der Waals surface area contributed by atoms with E-state index in [0.29, 0.717) is 0 Å². The molecule has 14 heavy (non-hydrogen) atoms. The second kappa shape index (κ2) is 5.58. The maximum atomic E-state index is 4.11. The third kappa shape index (κ3) is 3.15. The van der Waals surface area contributed by atoms with E-state index in [9.17, 15) is 0 Å². The highest BCUT2D eigenvalue weighted by Crippen LogP contribution is 2.48. The van der Waals surface area contributed by atoms with Gasteiger partial charge in [-0.25, -0.2) is 0 Å². The lowest BCUT2D eigenvalue weighted by atomic mass is 9.92. The van der Waals surface area contributed by atoms with Gasteiger partial charge >= 0.3 is 0 Å². The van der Waals surface area contributed by atoms with Crippen molar-refractivity contribution in [3.8, 4) is 0 Å². The van der Waals surface area contributed by atoms with Crippen LogP contribution in [0.15, 0.2) is 12.2 Å². The second-order valence-electron chi connectivity index (χ2n) is 4.98. The number of unbranched alkanes of at least 4 members (excludes halogenated alkanes) is 2. The van der Waals surface area contributed by atoms with Crippen molar-refractivity contribution in [1.29, 1.82) is 0 Å². The molecule has 1 rings (SSSR count). The summed E-state index contributed by atoms with van der Waals surface area (Å²) < 4.78 is 0. The zero-order chi connectivity index (χ0) is 10.6. The second-order valence-corrected chi connectivity index (χ2v) is 4.98. The Bertz CT molecular complexity index is 180. The van der Waals surface area contributed by atoms with E-state index >= 15 is 0 Å². The third-order valence-corrected chi connectivity index (χ3v) is 3.94. The molecule has 82 valence electrons. The van der Waals surface area contributed by atoms with Gasteiger partial charge in [-0.15, -0.1) is 0 Å². The van der Waals surface area contributed by atoms with Gasteiger partial charge in [0.05, 0.1) is 0 Å². The summed E-state index contributed by atoms with van der Waals surface area (Å²) in [4.78, 5) is 0. The molecule has 0 aromatic carbocycles. The lowest BCUT2D eigenvalue weighted by molar-refractivity contribution is 0.391. The van der Waals surface area contributed by atoms with Crippen LogP contribution in [-0.2, 0) is 0 Å². The van der Waals surface area contributed by atoms with E-state index < -0.39 is 0 Å². The molecule has 0 aromatic rings. The first kappa shape index (κ1) is 11.8. The SMILES string of the molecule is C=C1C(C)C1CC(CC)CCCCC. The Hall–Kier alpha value is -0.260. The summed E-state index contributed by atoms with van der Waals surface area (Å²) in [5.41, 5.74) is 1.51. The molecule has 0 aromatic heterocycles. The summed E-state index contributed by atoms with van der Waals surface area (Å²) in [6.07, 6.45) is 8.42. The normalized spacial score (nSPS) is 27.8. The average Bonchev–Trinajstić information content (AvgIpc) is 2.74. The highest BCUT2D eigenvalue weighted by Gasteiger charge is 2.38. The largest absolute Gasteiger partial charge is 0.0993 e. The van der Waals surface area contributed by atoms with Crippen LogP contribution in [0.2, 0.25) is 0 Å². The Labute approximate surface area is 89.8 Å². The van der Waals surface area contributed by atoms with E-state index in [4.69, 9.17) is 0 Å². The molecule has 0 heteroatoms. The van der Waals surface area contributed by atoms with E-state index in [0.717, 1.165) is 17.8 Å².